The molecule has 3 nitrogen and oxygen atoms in total. The summed E-state index contributed by atoms with van der Waals surface area (Å²) in [5, 5.41) is 12.3. The quantitative estimate of drug-likeness (QED) is 0.834. The first-order valence-corrected chi connectivity index (χ1v) is 6.10. The molecule has 2 N–H and O–H groups in total. The van der Waals surface area contributed by atoms with Crippen LogP contribution in [0.25, 0.3) is 0 Å². The summed E-state index contributed by atoms with van der Waals surface area (Å²) in [5.74, 6) is -0.772. The Morgan fingerprint density at radius 3 is 2.61 bits per heavy atom. The molecule has 1 aromatic rings. The Labute approximate surface area is 115 Å². The van der Waals surface area contributed by atoms with Crippen molar-refractivity contribution in [3.05, 3.63) is 35.4 Å². The van der Waals surface area contributed by atoms with Crippen LogP contribution in [-0.4, -0.2) is 17.1 Å². The molecule has 1 rings (SSSR count). The van der Waals surface area contributed by atoms with E-state index in [1.54, 1.807) is 0 Å². The maximum atomic E-state index is 11.1. The molecule has 2 unspecified atom stereocenters. The highest BCUT2D eigenvalue weighted by Crippen LogP contribution is 2.15. The predicted octanol–water partition coefficient (Wildman–Crippen LogP) is 3.32. The van der Waals surface area contributed by atoms with E-state index in [1.807, 2.05) is 39.0 Å². The van der Waals surface area contributed by atoms with Gasteiger partial charge >= 0.3 is 5.97 Å². The van der Waals surface area contributed by atoms with Gasteiger partial charge in [0.2, 0.25) is 0 Å². The normalized spacial score (nSPS) is 13.5. The van der Waals surface area contributed by atoms with Crippen molar-refractivity contribution in [3.63, 3.8) is 0 Å². The number of carboxylic acid groups (broad SMARTS) is 1. The van der Waals surface area contributed by atoms with E-state index in [0.29, 0.717) is 6.42 Å². The van der Waals surface area contributed by atoms with Gasteiger partial charge in [0.1, 0.15) is 6.04 Å². The molecule has 0 radical (unpaired) electrons. The fraction of sp³-hybridized carbons (Fsp3) is 0.500. The van der Waals surface area contributed by atoms with Crippen molar-refractivity contribution in [1.82, 2.24) is 5.32 Å². The number of carbonyl (C=O) groups is 1. The zero-order chi connectivity index (χ0) is 12.8. The molecule has 0 aromatic heterocycles. The zero-order valence-corrected chi connectivity index (χ0v) is 12.0. The smallest absolute Gasteiger partial charge is 0.320 e. The topological polar surface area (TPSA) is 49.3 Å². The molecule has 0 fully saturated rings. The first-order valence-electron chi connectivity index (χ1n) is 6.10. The molecule has 1 aromatic carbocycles. The third-order valence-electron chi connectivity index (χ3n) is 2.87. The van der Waals surface area contributed by atoms with Crippen molar-refractivity contribution in [2.24, 2.45) is 0 Å². The highest BCUT2D eigenvalue weighted by atomic mass is 35.5. The number of hydrogen-bond donors (Lipinski definition) is 2. The summed E-state index contributed by atoms with van der Waals surface area (Å²) in [6.45, 7) is 6.03. The Bertz CT molecular complexity index is 382. The van der Waals surface area contributed by atoms with Crippen LogP contribution in [0, 0.1) is 6.92 Å². The largest absolute Gasteiger partial charge is 0.480 e. The molecule has 0 bridgehead atoms. The van der Waals surface area contributed by atoms with Crippen molar-refractivity contribution < 1.29 is 9.90 Å². The summed E-state index contributed by atoms with van der Waals surface area (Å²) >= 11 is 0. The second-order valence-corrected chi connectivity index (χ2v) is 4.48. The third kappa shape index (κ3) is 5.07. The predicted molar refractivity (Wildman–Crippen MR) is 76.3 cm³/mol. The molecule has 102 valence electrons. The van der Waals surface area contributed by atoms with Crippen LogP contribution in [0.2, 0.25) is 0 Å². The van der Waals surface area contributed by atoms with Crippen molar-refractivity contribution in [2.45, 2.75) is 45.7 Å². The highest BCUT2D eigenvalue weighted by molar-refractivity contribution is 5.85. The van der Waals surface area contributed by atoms with E-state index in [-0.39, 0.29) is 18.4 Å². The van der Waals surface area contributed by atoms with E-state index in [2.05, 4.69) is 11.4 Å². The molecule has 0 spiro atoms. The average Bonchev–Trinajstić information content (AvgIpc) is 2.28. The van der Waals surface area contributed by atoms with Crippen LogP contribution in [0.3, 0.4) is 0 Å². The van der Waals surface area contributed by atoms with Gasteiger partial charge in [-0.1, -0.05) is 43.2 Å². The number of nitrogens with one attached hydrogen (secondary N) is 1. The third-order valence-corrected chi connectivity index (χ3v) is 2.87. The van der Waals surface area contributed by atoms with Crippen molar-refractivity contribution >= 4 is 18.4 Å². The summed E-state index contributed by atoms with van der Waals surface area (Å²) in [4.78, 5) is 11.1. The van der Waals surface area contributed by atoms with Gasteiger partial charge < -0.3 is 5.11 Å². The van der Waals surface area contributed by atoms with Crippen LogP contribution in [-0.2, 0) is 4.79 Å². The molecule has 0 aliphatic carbocycles. The standard InChI is InChI=1S/C14H21NO2.ClH/c1-4-6-13(14(16)17)15-11(3)12-8-5-7-10(2)9-12;/h5,7-9,11,13,15H,4,6H2,1-3H3,(H,16,17);1H. The molecular weight excluding hydrogens is 250 g/mol. The van der Waals surface area contributed by atoms with Gasteiger partial charge in [-0.25, -0.2) is 0 Å². The van der Waals surface area contributed by atoms with E-state index in [9.17, 15) is 4.79 Å². The number of aliphatic carboxylic acids is 1. The fourth-order valence-corrected chi connectivity index (χ4v) is 1.90. The molecule has 18 heavy (non-hydrogen) atoms. The lowest BCUT2D eigenvalue weighted by Gasteiger charge is -2.20. The second-order valence-electron chi connectivity index (χ2n) is 4.48. The molecule has 0 heterocycles. The molecule has 0 aliphatic heterocycles. The first-order chi connectivity index (χ1) is 8.04. The Morgan fingerprint density at radius 1 is 1.44 bits per heavy atom. The Kier molecular flexibility index (Phi) is 7.64. The summed E-state index contributed by atoms with van der Waals surface area (Å²) in [6, 6.07) is 7.74. The SMILES string of the molecule is CCCC(NC(C)c1cccc(C)c1)C(=O)O.Cl. The monoisotopic (exact) mass is 271 g/mol. The summed E-state index contributed by atoms with van der Waals surface area (Å²) in [6.07, 6.45) is 1.52. The van der Waals surface area contributed by atoms with Crippen LogP contribution in [0.15, 0.2) is 24.3 Å². The average molecular weight is 272 g/mol. The lowest BCUT2D eigenvalue weighted by Crippen LogP contribution is -2.38. The van der Waals surface area contributed by atoms with Gasteiger partial charge in [-0.05, 0) is 25.8 Å². The van der Waals surface area contributed by atoms with E-state index in [0.717, 1.165) is 12.0 Å². The maximum absolute atomic E-state index is 11.1. The molecule has 0 saturated carbocycles. The number of carboxylic acids is 1. The molecule has 2 atom stereocenters. The van der Waals surface area contributed by atoms with Gasteiger partial charge in [0, 0.05) is 6.04 Å². The van der Waals surface area contributed by atoms with Crippen molar-refractivity contribution in [2.75, 3.05) is 0 Å². The van der Waals surface area contributed by atoms with E-state index >= 15 is 0 Å². The Morgan fingerprint density at radius 2 is 2.11 bits per heavy atom. The minimum atomic E-state index is -0.772. The molecule has 0 saturated heterocycles. The summed E-state index contributed by atoms with van der Waals surface area (Å²) in [7, 11) is 0. The maximum Gasteiger partial charge on any atom is 0.320 e. The van der Waals surface area contributed by atoms with Gasteiger partial charge in [-0.3, -0.25) is 10.1 Å². The number of benzene rings is 1. The van der Waals surface area contributed by atoms with Gasteiger partial charge in [0.15, 0.2) is 0 Å². The Balaban J connectivity index is 0.00000289. The van der Waals surface area contributed by atoms with Crippen molar-refractivity contribution in [1.29, 1.82) is 0 Å². The Hall–Kier alpha value is -1.06. The minimum absolute atomic E-state index is 0. The van der Waals surface area contributed by atoms with E-state index in [1.165, 1.54) is 5.56 Å². The van der Waals surface area contributed by atoms with Crippen LogP contribution >= 0.6 is 12.4 Å². The number of halogens is 1. The van der Waals surface area contributed by atoms with Gasteiger partial charge in [-0.2, -0.15) is 0 Å². The highest BCUT2D eigenvalue weighted by Gasteiger charge is 2.18. The number of rotatable bonds is 6. The minimum Gasteiger partial charge on any atom is -0.480 e. The molecule has 0 aliphatic rings. The number of aryl methyl sites for hydroxylation is 1. The molecule has 0 amide bonds. The van der Waals surface area contributed by atoms with Crippen LogP contribution < -0.4 is 5.32 Å². The number of hydrogen-bond acceptors (Lipinski definition) is 2. The lowest BCUT2D eigenvalue weighted by atomic mass is 10.0. The van der Waals surface area contributed by atoms with Crippen molar-refractivity contribution in [3.8, 4) is 0 Å². The van der Waals surface area contributed by atoms with Crippen LogP contribution in [0.4, 0.5) is 0 Å². The molecular formula is C14H22ClNO2. The van der Waals surface area contributed by atoms with E-state index < -0.39 is 12.0 Å². The lowest BCUT2D eigenvalue weighted by molar-refractivity contribution is -0.139. The fourth-order valence-electron chi connectivity index (χ4n) is 1.90. The molecule has 4 heteroatoms. The van der Waals surface area contributed by atoms with Gasteiger partial charge in [-0.15, -0.1) is 12.4 Å². The van der Waals surface area contributed by atoms with E-state index in [4.69, 9.17) is 5.11 Å². The first kappa shape index (κ1) is 16.9. The van der Waals surface area contributed by atoms with Gasteiger partial charge in [0.05, 0.1) is 0 Å². The zero-order valence-electron chi connectivity index (χ0n) is 11.1. The van der Waals surface area contributed by atoms with Crippen LogP contribution in [0.1, 0.15) is 43.9 Å². The second kappa shape index (κ2) is 8.11. The van der Waals surface area contributed by atoms with Gasteiger partial charge in [0.25, 0.3) is 0 Å². The van der Waals surface area contributed by atoms with Crippen LogP contribution in [0.5, 0.6) is 0 Å². The summed E-state index contributed by atoms with van der Waals surface area (Å²) < 4.78 is 0. The summed E-state index contributed by atoms with van der Waals surface area (Å²) in [5.41, 5.74) is 2.32.